The minimum Gasteiger partial charge on any atom is -0.396 e. The molecule has 0 radical (unpaired) electrons. The van der Waals surface area contributed by atoms with Gasteiger partial charge in [0.25, 0.3) is 5.91 Å². The summed E-state index contributed by atoms with van der Waals surface area (Å²) in [5, 5.41) is 14.1. The molecule has 1 amide bonds. The standard InChI is InChI=1S/C17H20ClN3O2/c18-15-6-1-2-7-16(15)21-12-13(11-19-21)17(23)20-9-4-3-5-14(20)8-10-22/h1-2,6-7,11-12,14,22H,3-5,8-10H2. The molecule has 1 N–H and O–H groups in total. The zero-order valence-corrected chi connectivity index (χ0v) is 13.6. The average molecular weight is 334 g/mol. The zero-order chi connectivity index (χ0) is 16.2. The van der Waals surface area contributed by atoms with Crippen molar-refractivity contribution in [3.8, 4) is 5.69 Å². The highest BCUT2D eigenvalue weighted by Gasteiger charge is 2.27. The minimum absolute atomic E-state index is 0.0264. The number of para-hydroxylation sites is 1. The lowest BCUT2D eigenvalue weighted by Gasteiger charge is -2.35. The Morgan fingerprint density at radius 2 is 2.17 bits per heavy atom. The van der Waals surface area contributed by atoms with E-state index in [-0.39, 0.29) is 18.6 Å². The van der Waals surface area contributed by atoms with Crippen LogP contribution in [0.15, 0.2) is 36.7 Å². The number of aliphatic hydroxyl groups is 1. The second-order valence-electron chi connectivity index (χ2n) is 5.79. The molecule has 1 saturated heterocycles. The van der Waals surface area contributed by atoms with Crippen LogP contribution < -0.4 is 0 Å². The molecule has 1 aliphatic heterocycles. The number of carbonyl (C=O) groups excluding carboxylic acids is 1. The third kappa shape index (κ3) is 3.41. The van der Waals surface area contributed by atoms with Gasteiger partial charge in [0.15, 0.2) is 0 Å². The topological polar surface area (TPSA) is 58.4 Å². The normalized spacial score (nSPS) is 18.2. The van der Waals surface area contributed by atoms with Crippen molar-refractivity contribution in [1.82, 2.24) is 14.7 Å². The van der Waals surface area contributed by atoms with Crippen molar-refractivity contribution in [2.75, 3.05) is 13.2 Å². The van der Waals surface area contributed by atoms with Crippen LogP contribution in [0.2, 0.25) is 5.02 Å². The van der Waals surface area contributed by atoms with Crippen LogP contribution in [-0.2, 0) is 0 Å². The van der Waals surface area contributed by atoms with Crippen LogP contribution in [0.4, 0.5) is 0 Å². The largest absolute Gasteiger partial charge is 0.396 e. The lowest BCUT2D eigenvalue weighted by Crippen LogP contribution is -2.44. The fourth-order valence-corrected chi connectivity index (χ4v) is 3.31. The number of halogens is 1. The van der Waals surface area contributed by atoms with E-state index in [1.165, 1.54) is 0 Å². The molecule has 2 heterocycles. The number of rotatable bonds is 4. The fourth-order valence-electron chi connectivity index (χ4n) is 3.09. The van der Waals surface area contributed by atoms with Crippen LogP contribution in [0.1, 0.15) is 36.0 Å². The Hall–Kier alpha value is -1.85. The van der Waals surface area contributed by atoms with Crippen LogP contribution in [0.5, 0.6) is 0 Å². The summed E-state index contributed by atoms with van der Waals surface area (Å²) in [6, 6.07) is 7.51. The van der Waals surface area contributed by atoms with Gasteiger partial charge in [-0.25, -0.2) is 4.68 Å². The number of likely N-dealkylation sites (tertiary alicyclic amines) is 1. The molecule has 122 valence electrons. The van der Waals surface area contributed by atoms with Crippen molar-refractivity contribution in [3.05, 3.63) is 47.2 Å². The van der Waals surface area contributed by atoms with Gasteiger partial charge in [0, 0.05) is 25.4 Å². The first kappa shape index (κ1) is 16.0. The van der Waals surface area contributed by atoms with Gasteiger partial charge in [-0.15, -0.1) is 0 Å². The van der Waals surface area contributed by atoms with Crippen LogP contribution in [0, 0.1) is 0 Å². The van der Waals surface area contributed by atoms with Gasteiger partial charge in [-0.1, -0.05) is 23.7 Å². The molecule has 0 spiro atoms. The van der Waals surface area contributed by atoms with E-state index < -0.39 is 0 Å². The molecule has 0 saturated carbocycles. The molecule has 2 aromatic rings. The highest BCUT2D eigenvalue weighted by atomic mass is 35.5. The minimum atomic E-state index is -0.0264. The van der Waals surface area contributed by atoms with Gasteiger partial charge in [-0.3, -0.25) is 4.79 Å². The molecule has 0 bridgehead atoms. The van der Waals surface area contributed by atoms with Crippen molar-refractivity contribution >= 4 is 17.5 Å². The first-order chi connectivity index (χ1) is 11.2. The fraction of sp³-hybridized carbons (Fsp3) is 0.412. The highest BCUT2D eigenvalue weighted by molar-refractivity contribution is 6.32. The summed E-state index contributed by atoms with van der Waals surface area (Å²) in [6.07, 6.45) is 6.99. The van der Waals surface area contributed by atoms with E-state index in [1.807, 2.05) is 23.1 Å². The monoisotopic (exact) mass is 333 g/mol. The Morgan fingerprint density at radius 1 is 1.35 bits per heavy atom. The molecule has 5 nitrogen and oxygen atoms in total. The quantitative estimate of drug-likeness (QED) is 0.936. The second-order valence-corrected chi connectivity index (χ2v) is 6.19. The molecule has 1 aromatic heterocycles. The van der Waals surface area contributed by atoms with Crippen LogP contribution in [0.25, 0.3) is 5.69 Å². The summed E-state index contributed by atoms with van der Waals surface area (Å²) < 4.78 is 1.63. The molecular formula is C17H20ClN3O2. The maximum absolute atomic E-state index is 12.8. The van der Waals surface area contributed by atoms with Gasteiger partial charge in [0.1, 0.15) is 0 Å². The van der Waals surface area contributed by atoms with E-state index >= 15 is 0 Å². The summed E-state index contributed by atoms with van der Waals surface area (Å²) in [4.78, 5) is 14.6. The molecule has 6 heteroatoms. The third-order valence-electron chi connectivity index (χ3n) is 4.28. The summed E-state index contributed by atoms with van der Waals surface area (Å²) >= 11 is 6.18. The summed E-state index contributed by atoms with van der Waals surface area (Å²) in [6.45, 7) is 0.841. The van der Waals surface area contributed by atoms with E-state index in [0.717, 1.165) is 31.5 Å². The number of aliphatic hydroxyl groups excluding tert-OH is 1. The van der Waals surface area contributed by atoms with Gasteiger partial charge in [-0.05, 0) is 37.8 Å². The number of aromatic nitrogens is 2. The average Bonchev–Trinajstić information content (AvgIpc) is 3.05. The summed E-state index contributed by atoms with van der Waals surface area (Å²) in [7, 11) is 0. The van der Waals surface area contributed by atoms with Gasteiger partial charge in [0.2, 0.25) is 0 Å². The number of nitrogens with zero attached hydrogens (tertiary/aromatic N) is 3. The van der Waals surface area contributed by atoms with E-state index in [1.54, 1.807) is 23.1 Å². The molecule has 3 rings (SSSR count). The van der Waals surface area contributed by atoms with Crippen molar-refractivity contribution in [1.29, 1.82) is 0 Å². The first-order valence-corrected chi connectivity index (χ1v) is 8.30. The molecule has 1 atom stereocenters. The van der Waals surface area contributed by atoms with Crippen molar-refractivity contribution < 1.29 is 9.90 Å². The lowest BCUT2D eigenvalue weighted by molar-refractivity contribution is 0.0574. The third-order valence-corrected chi connectivity index (χ3v) is 4.60. The van der Waals surface area contributed by atoms with Gasteiger partial charge in [0.05, 0.1) is 22.5 Å². The Labute approximate surface area is 140 Å². The summed E-state index contributed by atoms with van der Waals surface area (Å²) in [5.41, 5.74) is 1.30. The van der Waals surface area contributed by atoms with Gasteiger partial charge < -0.3 is 10.0 Å². The van der Waals surface area contributed by atoms with Crippen molar-refractivity contribution in [2.45, 2.75) is 31.7 Å². The highest BCUT2D eigenvalue weighted by Crippen LogP contribution is 2.23. The molecule has 1 aliphatic rings. The number of benzene rings is 1. The number of hydrogen-bond acceptors (Lipinski definition) is 3. The van der Waals surface area contributed by atoms with E-state index in [2.05, 4.69) is 5.10 Å². The van der Waals surface area contributed by atoms with Crippen LogP contribution in [0.3, 0.4) is 0 Å². The molecule has 1 aromatic carbocycles. The number of amides is 1. The number of piperidine rings is 1. The SMILES string of the molecule is O=C(c1cnn(-c2ccccc2Cl)c1)N1CCCCC1CCO. The number of carbonyl (C=O) groups is 1. The Kier molecular flexibility index (Phi) is 4.98. The van der Waals surface area contributed by atoms with Gasteiger partial charge in [-0.2, -0.15) is 5.10 Å². The van der Waals surface area contributed by atoms with E-state index in [0.29, 0.717) is 17.0 Å². The Balaban J connectivity index is 1.82. The maximum atomic E-state index is 12.8. The molecule has 23 heavy (non-hydrogen) atoms. The van der Waals surface area contributed by atoms with Crippen molar-refractivity contribution in [2.24, 2.45) is 0 Å². The zero-order valence-electron chi connectivity index (χ0n) is 12.9. The van der Waals surface area contributed by atoms with Gasteiger partial charge >= 0.3 is 0 Å². The maximum Gasteiger partial charge on any atom is 0.257 e. The predicted molar refractivity (Wildman–Crippen MR) is 89.0 cm³/mol. The molecule has 1 unspecified atom stereocenters. The number of hydrogen-bond donors (Lipinski definition) is 1. The predicted octanol–water partition coefficient (Wildman–Crippen LogP) is 2.90. The Bertz CT molecular complexity index is 684. The molecule has 0 aliphatic carbocycles. The van der Waals surface area contributed by atoms with Crippen LogP contribution >= 0.6 is 11.6 Å². The van der Waals surface area contributed by atoms with Crippen LogP contribution in [-0.4, -0.2) is 44.9 Å². The second kappa shape index (κ2) is 7.15. The summed E-state index contributed by atoms with van der Waals surface area (Å²) in [5.74, 6) is -0.0264. The van der Waals surface area contributed by atoms with Crippen molar-refractivity contribution in [3.63, 3.8) is 0 Å². The first-order valence-electron chi connectivity index (χ1n) is 7.92. The molecular weight excluding hydrogens is 314 g/mol. The smallest absolute Gasteiger partial charge is 0.257 e. The lowest BCUT2D eigenvalue weighted by atomic mass is 9.99. The van der Waals surface area contributed by atoms with E-state index in [4.69, 9.17) is 11.6 Å². The Morgan fingerprint density at radius 3 is 2.96 bits per heavy atom. The molecule has 1 fully saturated rings. The van der Waals surface area contributed by atoms with E-state index in [9.17, 15) is 9.90 Å².